The number of carbonyl (C=O) groups excluding carboxylic acids is 2. The summed E-state index contributed by atoms with van der Waals surface area (Å²) < 4.78 is 11.0. The average Bonchev–Trinajstić information content (AvgIpc) is 2.77. The summed E-state index contributed by atoms with van der Waals surface area (Å²) in [7, 11) is 3.89. The largest absolute Gasteiger partial charge is 0.445 e. The molecule has 0 aliphatic carbocycles. The molecule has 2 amide bonds. The van der Waals surface area contributed by atoms with Crippen LogP contribution in [0.5, 0.6) is 0 Å². The van der Waals surface area contributed by atoms with Gasteiger partial charge >= 0.3 is 12.2 Å². The maximum atomic E-state index is 12.7. The van der Waals surface area contributed by atoms with E-state index in [4.69, 9.17) is 9.47 Å². The predicted octanol–water partition coefficient (Wildman–Crippen LogP) is 3.21. The van der Waals surface area contributed by atoms with Crippen LogP contribution in [0.4, 0.5) is 9.59 Å². The highest BCUT2D eigenvalue weighted by Crippen LogP contribution is 2.15. The van der Waals surface area contributed by atoms with Crippen molar-refractivity contribution in [1.82, 2.24) is 14.7 Å². The Labute approximate surface area is 177 Å². The van der Waals surface area contributed by atoms with Gasteiger partial charge in [0.05, 0.1) is 6.04 Å². The van der Waals surface area contributed by atoms with Gasteiger partial charge in [-0.05, 0) is 25.2 Å². The first kappa shape index (κ1) is 21.6. The summed E-state index contributed by atoms with van der Waals surface area (Å²) in [6.07, 6.45) is -0.720. The molecule has 1 atom stereocenters. The molecular weight excluding hydrogens is 382 g/mol. The van der Waals surface area contributed by atoms with Crippen molar-refractivity contribution >= 4 is 12.2 Å². The number of carbonyl (C=O) groups is 2. The molecule has 1 fully saturated rings. The SMILES string of the molecule is CN(C)CC1CN(C(=O)OCc2ccccc2)CCN1C(=O)OCc1ccccc1. The van der Waals surface area contributed by atoms with Gasteiger partial charge in [-0.2, -0.15) is 0 Å². The van der Waals surface area contributed by atoms with Gasteiger partial charge in [-0.25, -0.2) is 9.59 Å². The van der Waals surface area contributed by atoms with E-state index in [0.717, 1.165) is 11.1 Å². The first-order valence-electron chi connectivity index (χ1n) is 10.1. The van der Waals surface area contributed by atoms with Crippen LogP contribution in [0.1, 0.15) is 11.1 Å². The molecule has 1 saturated heterocycles. The van der Waals surface area contributed by atoms with Gasteiger partial charge in [0.25, 0.3) is 0 Å². The Kier molecular flexibility index (Phi) is 7.68. The van der Waals surface area contributed by atoms with Crippen molar-refractivity contribution in [2.75, 3.05) is 40.3 Å². The van der Waals surface area contributed by atoms with Gasteiger partial charge in [0.1, 0.15) is 13.2 Å². The Morgan fingerprint density at radius 3 is 1.93 bits per heavy atom. The molecule has 7 nitrogen and oxygen atoms in total. The maximum Gasteiger partial charge on any atom is 0.410 e. The van der Waals surface area contributed by atoms with Crippen LogP contribution in [0.15, 0.2) is 60.7 Å². The standard InChI is InChI=1S/C23H29N3O4/c1-24(2)15-21-16-25(22(27)29-17-19-9-5-3-6-10-19)13-14-26(21)23(28)30-18-20-11-7-4-8-12-20/h3-12,21H,13-18H2,1-2H3. The van der Waals surface area contributed by atoms with E-state index in [2.05, 4.69) is 0 Å². The number of hydrogen-bond donors (Lipinski definition) is 0. The van der Waals surface area contributed by atoms with Crippen LogP contribution in [0.2, 0.25) is 0 Å². The summed E-state index contributed by atoms with van der Waals surface area (Å²) in [5.74, 6) is 0. The normalized spacial score (nSPS) is 16.4. The van der Waals surface area contributed by atoms with E-state index < -0.39 is 0 Å². The fraction of sp³-hybridized carbons (Fsp3) is 0.391. The molecule has 0 aromatic heterocycles. The molecule has 2 aromatic rings. The highest BCUT2D eigenvalue weighted by Gasteiger charge is 2.34. The van der Waals surface area contributed by atoms with Crippen molar-refractivity contribution in [2.45, 2.75) is 19.3 Å². The highest BCUT2D eigenvalue weighted by molar-refractivity contribution is 5.71. The molecule has 0 N–H and O–H groups in total. The van der Waals surface area contributed by atoms with Crippen LogP contribution in [0, 0.1) is 0 Å². The first-order valence-corrected chi connectivity index (χ1v) is 10.1. The molecular formula is C23H29N3O4. The average molecular weight is 412 g/mol. The minimum atomic E-state index is -0.361. The molecule has 1 unspecified atom stereocenters. The number of benzene rings is 2. The zero-order valence-electron chi connectivity index (χ0n) is 17.6. The maximum absolute atomic E-state index is 12.7. The van der Waals surface area contributed by atoms with Crippen molar-refractivity contribution in [3.8, 4) is 0 Å². The monoisotopic (exact) mass is 411 g/mol. The van der Waals surface area contributed by atoms with Crippen molar-refractivity contribution in [3.05, 3.63) is 71.8 Å². The number of amides is 2. The van der Waals surface area contributed by atoms with Gasteiger partial charge in [0.2, 0.25) is 0 Å². The van der Waals surface area contributed by atoms with Gasteiger partial charge in [-0.1, -0.05) is 60.7 Å². The van der Waals surface area contributed by atoms with Gasteiger partial charge in [-0.3, -0.25) is 0 Å². The minimum absolute atomic E-state index is 0.165. The van der Waals surface area contributed by atoms with Crippen LogP contribution in [0.3, 0.4) is 0 Å². The van der Waals surface area contributed by atoms with Gasteiger partial charge in [0.15, 0.2) is 0 Å². The minimum Gasteiger partial charge on any atom is -0.445 e. The second-order valence-electron chi connectivity index (χ2n) is 7.64. The Bertz CT molecular complexity index is 814. The van der Waals surface area contributed by atoms with Crippen molar-refractivity contribution < 1.29 is 19.1 Å². The van der Waals surface area contributed by atoms with E-state index in [0.29, 0.717) is 26.2 Å². The molecule has 0 saturated carbocycles. The quantitative estimate of drug-likeness (QED) is 0.731. The lowest BCUT2D eigenvalue weighted by Crippen LogP contribution is -2.59. The molecule has 0 bridgehead atoms. The summed E-state index contributed by atoms with van der Waals surface area (Å²) in [5, 5.41) is 0. The fourth-order valence-corrected chi connectivity index (χ4v) is 3.45. The number of rotatable bonds is 6. The Morgan fingerprint density at radius 2 is 1.40 bits per heavy atom. The lowest BCUT2D eigenvalue weighted by molar-refractivity contribution is 0.0265. The van der Waals surface area contributed by atoms with Crippen LogP contribution >= 0.6 is 0 Å². The summed E-state index contributed by atoms with van der Waals surface area (Å²) in [6, 6.07) is 19.0. The van der Waals surface area contributed by atoms with Gasteiger partial charge in [0, 0.05) is 26.2 Å². The number of ether oxygens (including phenoxy) is 2. The third-order valence-electron chi connectivity index (χ3n) is 4.96. The number of likely N-dealkylation sites (N-methyl/N-ethyl adjacent to an activating group) is 1. The molecule has 1 heterocycles. The molecule has 1 aliphatic heterocycles. The van der Waals surface area contributed by atoms with Crippen molar-refractivity contribution in [3.63, 3.8) is 0 Å². The fourth-order valence-electron chi connectivity index (χ4n) is 3.45. The number of hydrogen-bond acceptors (Lipinski definition) is 5. The van der Waals surface area contributed by atoms with Crippen LogP contribution < -0.4 is 0 Å². The van der Waals surface area contributed by atoms with E-state index in [1.165, 1.54) is 0 Å². The molecule has 1 aliphatic rings. The topological polar surface area (TPSA) is 62.3 Å². The molecule has 30 heavy (non-hydrogen) atoms. The second-order valence-corrected chi connectivity index (χ2v) is 7.64. The molecule has 160 valence electrons. The molecule has 3 rings (SSSR count). The van der Waals surface area contributed by atoms with Crippen LogP contribution in [-0.2, 0) is 22.7 Å². The Hall–Kier alpha value is -3.06. The van der Waals surface area contributed by atoms with E-state index in [-0.39, 0.29) is 31.4 Å². The Balaban J connectivity index is 1.56. The zero-order chi connectivity index (χ0) is 21.3. The number of nitrogens with zero attached hydrogens (tertiary/aromatic N) is 3. The van der Waals surface area contributed by atoms with E-state index in [1.807, 2.05) is 79.7 Å². The third kappa shape index (κ3) is 6.22. The molecule has 0 spiro atoms. The van der Waals surface area contributed by atoms with Crippen molar-refractivity contribution in [1.29, 1.82) is 0 Å². The summed E-state index contributed by atoms with van der Waals surface area (Å²) in [5.41, 5.74) is 1.89. The second kappa shape index (κ2) is 10.6. The highest BCUT2D eigenvalue weighted by atomic mass is 16.6. The van der Waals surface area contributed by atoms with Crippen molar-refractivity contribution in [2.24, 2.45) is 0 Å². The van der Waals surface area contributed by atoms with Gasteiger partial charge in [-0.15, -0.1) is 0 Å². The third-order valence-corrected chi connectivity index (χ3v) is 4.96. The lowest BCUT2D eigenvalue weighted by Gasteiger charge is -2.41. The summed E-state index contributed by atoms with van der Waals surface area (Å²) >= 11 is 0. The smallest absolute Gasteiger partial charge is 0.410 e. The number of piperazine rings is 1. The van der Waals surface area contributed by atoms with Crippen LogP contribution in [0.25, 0.3) is 0 Å². The Morgan fingerprint density at radius 1 is 0.867 bits per heavy atom. The van der Waals surface area contributed by atoms with Gasteiger partial charge < -0.3 is 24.2 Å². The molecule has 2 aromatic carbocycles. The molecule has 0 radical (unpaired) electrons. The van der Waals surface area contributed by atoms with E-state index in [1.54, 1.807) is 9.80 Å². The molecule has 7 heteroatoms. The van der Waals surface area contributed by atoms with Crippen LogP contribution in [-0.4, -0.2) is 73.2 Å². The van der Waals surface area contributed by atoms with E-state index in [9.17, 15) is 9.59 Å². The first-order chi connectivity index (χ1) is 14.5. The lowest BCUT2D eigenvalue weighted by atomic mass is 10.1. The zero-order valence-corrected chi connectivity index (χ0v) is 17.6. The summed E-state index contributed by atoms with van der Waals surface area (Å²) in [4.78, 5) is 30.6. The predicted molar refractivity (Wildman–Crippen MR) is 114 cm³/mol. The summed E-state index contributed by atoms with van der Waals surface area (Å²) in [6.45, 7) is 2.32. The van der Waals surface area contributed by atoms with E-state index >= 15 is 0 Å².